The van der Waals surface area contributed by atoms with Crippen LogP contribution in [0.2, 0.25) is 0 Å². The fraction of sp³-hybridized carbons (Fsp3) is 0.652. The Bertz CT molecular complexity index is 1060. The molecule has 2 aromatic heterocycles. The Morgan fingerprint density at radius 2 is 2.03 bits per heavy atom. The van der Waals surface area contributed by atoms with E-state index in [-0.39, 0.29) is 35.5 Å². The number of nitrogens with two attached hydrogens (primary N) is 1. The van der Waals surface area contributed by atoms with Gasteiger partial charge in [0.1, 0.15) is 12.2 Å². The maximum absolute atomic E-state index is 13.0. The van der Waals surface area contributed by atoms with Crippen molar-refractivity contribution in [3.8, 4) is 5.88 Å². The highest BCUT2D eigenvalue weighted by Gasteiger charge is 2.55. The van der Waals surface area contributed by atoms with Gasteiger partial charge in [-0.15, -0.1) is 5.10 Å². The lowest BCUT2D eigenvalue weighted by atomic mass is 9.60. The van der Waals surface area contributed by atoms with Crippen molar-refractivity contribution in [1.29, 1.82) is 0 Å². The molecule has 2 N–H and O–H groups in total. The molecule has 3 heterocycles. The van der Waals surface area contributed by atoms with Crippen LogP contribution in [0.25, 0.3) is 5.65 Å². The average Bonchev–Trinajstić information content (AvgIpc) is 3.39. The Labute approximate surface area is 186 Å². The van der Waals surface area contributed by atoms with E-state index in [1.807, 2.05) is 6.07 Å². The molecule has 5 fully saturated rings. The molecular formula is C23H29N5O4. The molecule has 6 unspecified atom stereocenters. The van der Waals surface area contributed by atoms with Crippen molar-refractivity contribution < 1.29 is 19.1 Å². The number of imidazole rings is 1. The number of carbonyl (C=O) groups is 2. The third-order valence-corrected chi connectivity index (χ3v) is 8.21. The molecule has 6 atom stereocenters. The van der Waals surface area contributed by atoms with Crippen LogP contribution in [0.3, 0.4) is 0 Å². The predicted octanol–water partition coefficient (Wildman–Crippen LogP) is 2.39. The molecule has 4 bridgehead atoms. The lowest BCUT2D eigenvalue weighted by molar-refractivity contribution is -0.134. The third-order valence-electron chi connectivity index (χ3n) is 8.21. The van der Waals surface area contributed by atoms with E-state index in [0.29, 0.717) is 30.8 Å². The minimum Gasteiger partial charge on any atom is -0.471 e. The lowest BCUT2D eigenvalue weighted by Crippen LogP contribution is -2.49. The van der Waals surface area contributed by atoms with Crippen LogP contribution < -0.4 is 10.5 Å². The maximum atomic E-state index is 13.0. The standard InChI is InChI=1S/C23H29N5O4/c24-21(29)23-5-3-15-9-14(11-23)10-16(12-23)20(15)32-22(30)27-7-4-17(13-27)31-19-2-1-18-25-6-8-28(18)26-19/h1-2,6,8,14-17,20H,3-5,7,9-13H2,(H2,24,29). The molecule has 1 aliphatic heterocycles. The predicted molar refractivity (Wildman–Crippen MR) is 114 cm³/mol. The second kappa shape index (κ2) is 7.35. The van der Waals surface area contributed by atoms with Gasteiger partial charge in [-0.25, -0.2) is 14.3 Å². The van der Waals surface area contributed by atoms with Crippen molar-refractivity contribution in [2.45, 2.75) is 57.2 Å². The number of ether oxygens (including phenoxy) is 2. The Hall–Kier alpha value is -2.84. The summed E-state index contributed by atoms with van der Waals surface area (Å²) in [6.45, 7) is 1.09. The van der Waals surface area contributed by atoms with Crippen LogP contribution in [-0.4, -0.2) is 56.8 Å². The number of amides is 2. The van der Waals surface area contributed by atoms with Gasteiger partial charge in [-0.1, -0.05) is 0 Å². The minimum absolute atomic E-state index is 0.106. The van der Waals surface area contributed by atoms with E-state index in [4.69, 9.17) is 15.2 Å². The number of carbonyl (C=O) groups excluding carboxylic acids is 2. The van der Waals surface area contributed by atoms with Gasteiger partial charge in [0.25, 0.3) is 0 Å². The molecule has 4 saturated carbocycles. The van der Waals surface area contributed by atoms with Crippen molar-refractivity contribution in [2.24, 2.45) is 28.9 Å². The topological polar surface area (TPSA) is 112 Å². The van der Waals surface area contributed by atoms with Crippen molar-refractivity contribution in [3.63, 3.8) is 0 Å². The first-order valence-corrected chi connectivity index (χ1v) is 11.7. The van der Waals surface area contributed by atoms with Crippen LogP contribution in [0.1, 0.15) is 44.9 Å². The molecule has 9 nitrogen and oxygen atoms in total. The van der Waals surface area contributed by atoms with Gasteiger partial charge in [0, 0.05) is 36.8 Å². The Kier molecular flexibility index (Phi) is 4.55. The number of fused-ring (bicyclic) bond motifs is 2. The summed E-state index contributed by atoms with van der Waals surface area (Å²) in [4.78, 5) is 31.2. The summed E-state index contributed by atoms with van der Waals surface area (Å²) in [6, 6.07) is 3.66. The summed E-state index contributed by atoms with van der Waals surface area (Å²) in [5, 5.41) is 4.40. The van der Waals surface area contributed by atoms with E-state index in [1.165, 1.54) is 0 Å². The van der Waals surface area contributed by atoms with Crippen molar-refractivity contribution in [3.05, 3.63) is 24.5 Å². The van der Waals surface area contributed by atoms with E-state index >= 15 is 0 Å². The molecule has 2 amide bonds. The number of aromatic nitrogens is 3. The number of hydrogen-bond donors (Lipinski definition) is 1. The normalized spacial score (nSPS) is 35.8. The van der Waals surface area contributed by atoms with Gasteiger partial charge in [-0.2, -0.15) is 0 Å². The number of rotatable bonds is 4. The smallest absolute Gasteiger partial charge is 0.410 e. The Morgan fingerprint density at radius 3 is 2.91 bits per heavy atom. The molecule has 5 aliphatic rings. The van der Waals surface area contributed by atoms with E-state index < -0.39 is 0 Å². The second-order valence-corrected chi connectivity index (χ2v) is 10.2. The van der Waals surface area contributed by atoms with Gasteiger partial charge in [0.05, 0.1) is 6.54 Å². The molecule has 4 aliphatic carbocycles. The number of nitrogens with zero attached hydrogens (tertiary/aromatic N) is 4. The quantitative estimate of drug-likeness (QED) is 0.783. The minimum atomic E-state index is -0.389. The fourth-order valence-electron chi connectivity index (χ4n) is 6.79. The van der Waals surface area contributed by atoms with Crippen LogP contribution in [0.15, 0.2) is 24.5 Å². The van der Waals surface area contributed by atoms with Crippen molar-refractivity contribution in [1.82, 2.24) is 19.5 Å². The number of primary amides is 1. The highest BCUT2D eigenvalue weighted by atomic mass is 16.6. The molecule has 9 heteroatoms. The van der Waals surface area contributed by atoms with Gasteiger partial charge in [0.2, 0.25) is 11.8 Å². The maximum Gasteiger partial charge on any atom is 0.410 e. The molecular weight excluding hydrogens is 410 g/mol. The molecule has 7 rings (SSSR count). The van der Waals surface area contributed by atoms with Gasteiger partial charge >= 0.3 is 6.09 Å². The summed E-state index contributed by atoms with van der Waals surface area (Å²) in [6.07, 6.45) is 9.23. The first-order chi connectivity index (χ1) is 15.5. The molecule has 1 saturated heterocycles. The lowest BCUT2D eigenvalue weighted by Gasteiger charge is -2.47. The molecule has 170 valence electrons. The van der Waals surface area contributed by atoms with Crippen LogP contribution in [0.4, 0.5) is 4.79 Å². The van der Waals surface area contributed by atoms with Crippen molar-refractivity contribution in [2.75, 3.05) is 13.1 Å². The van der Waals surface area contributed by atoms with E-state index in [0.717, 1.165) is 50.6 Å². The van der Waals surface area contributed by atoms with Gasteiger partial charge < -0.3 is 20.1 Å². The largest absolute Gasteiger partial charge is 0.471 e. The Morgan fingerprint density at radius 1 is 1.16 bits per heavy atom. The Balaban J connectivity index is 1.09. The molecule has 0 spiro atoms. The van der Waals surface area contributed by atoms with Crippen LogP contribution >= 0.6 is 0 Å². The van der Waals surface area contributed by atoms with Gasteiger partial charge in [0.15, 0.2) is 5.65 Å². The van der Waals surface area contributed by atoms with Gasteiger partial charge in [-0.3, -0.25) is 4.79 Å². The zero-order valence-electron chi connectivity index (χ0n) is 18.1. The highest BCUT2D eigenvalue weighted by molar-refractivity contribution is 5.81. The van der Waals surface area contributed by atoms with Crippen LogP contribution in [0.5, 0.6) is 5.88 Å². The van der Waals surface area contributed by atoms with Gasteiger partial charge in [-0.05, 0) is 62.3 Å². The van der Waals surface area contributed by atoms with Crippen LogP contribution in [-0.2, 0) is 9.53 Å². The highest BCUT2D eigenvalue weighted by Crippen LogP contribution is 2.57. The molecule has 32 heavy (non-hydrogen) atoms. The average molecular weight is 440 g/mol. The van der Waals surface area contributed by atoms with Crippen molar-refractivity contribution >= 4 is 17.6 Å². The summed E-state index contributed by atoms with van der Waals surface area (Å²) in [5.74, 6) is 1.47. The summed E-state index contributed by atoms with van der Waals surface area (Å²) in [7, 11) is 0. The zero-order chi connectivity index (χ0) is 21.9. The van der Waals surface area contributed by atoms with E-state index in [9.17, 15) is 9.59 Å². The molecule has 2 aromatic rings. The third kappa shape index (κ3) is 3.29. The first kappa shape index (κ1) is 19.8. The second-order valence-electron chi connectivity index (χ2n) is 10.2. The first-order valence-electron chi connectivity index (χ1n) is 11.7. The zero-order valence-corrected chi connectivity index (χ0v) is 18.1. The van der Waals surface area contributed by atoms with E-state index in [2.05, 4.69) is 10.1 Å². The van der Waals surface area contributed by atoms with Crippen LogP contribution in [0, 0.1) is 23.2 Å². The fourth-order valence-corrected chi connectivity index (χ4v) is 6.79. The number of hydrogen-bond acceptors (Lipinski definition) is 6. The summed E-state index contributed by atoms with van der Waals surface area (Å²) < 4.78 is 13.8. The van der Waals surface area contributed by atoms with E-state index in [1.54, 1.807) is 27.9 Å². The monoisotopic (exact) mass is 439 g/mol. The SMILES string of the molecule is NC(=O)C12CCC3CC(CC(C1)C3OC(=O)N1CCC(Oc3ccc4nccn4n3)C1)C2. The number of likely N-dealkylation sites (tertiary alicyclic amines) is 1. The molecule has 0 radical (unpaired) electrons. The summed E-state index contributed by atoms with van der Waals surface area (Å²) in [5.41, 5.74) is 6.20. The summed E-state index contributed by atoms with van der Waals surface area (Å²) >= 11 is 0. The molecule has 0 aromatic carbocycles.